The van der Waals surface area contributed by atoms with Crippen molar-refractivity contribution in [1.29, 1.82) is 0 Å². The summed E-state index contributed by atoms with van der Waals surface area (Å²) in [5, 5.41) is 6.76. The first kappa shape index (κ1) is 19.4. The summed E-state index contributed by atoms with van der Waals surface area (Å²) in [7, 11) is 3.18. The van der Waals surface area contributed by atoms with Gasteiger partial charge in [-0.3, -0.25) is 4.79 Å². The molecule has 0 aliphatic heterocycles. The lowest BCUT2D eigenvalue weighted by Crippen LogP contribution is -2.23. The van der Waals surface area contributed by atoms with E-state index in [9.17, 15) is 4.79 Å². The van der Waals surface area contributed by atoms with Crippen LogP contribution in [0.15, 0.2) is 47.0 Å². The van der Waals surface area contributed by atoms with Crippen molar-refractivity contribution in [2.24, 2.45) is 0 Å². The molecule has 0 radical (unpaired) electrons. The summed E-state index contributed by atoms with van der Waals surface area (Å²) in [5.74, 6) is 2.10. The topological polar surface area (TPSA) is 86.5 Å². The Morgan fingerprint density at radius 3 is 2.54 bits per heavy atom. The van der Waals surface area contributed by atoms with E-state index < -0.39 is 0 Å². The molecular formula is C21H23N3O4. The number of aromatic nitrogens is 2. The minimum atomic E-state index is -0.0927. The van der Waals surface area contributed by atoms with Crippen molar-refractivity contribution >= 4 is 5.91 Å². The number of amides is 1. The number of carbonyl (C=O) groups excluding carboxylic acids is 1. The minimum Gasteiger partial charge on any atom is -0.493 e. The average Bonchev–Trinajstić information content (AvgIpc) is 3.20. The highest BCUT2D eigenvalue weighted by molar-refractivity contribution is 5.76. The van der Waals surface area contributed by atoms with Gasteiger partial charge in [-0.1, -0.05) is 41.1 Å². The number of nitrogens with zero attached hydrogens (tertiary/aromatic N) is 2. The van der Waals surface area contributed by atoms with E-state index in [1.165, 1.54) is 0 Å². The molecule has 0 unspecified atom stereocenters. The summed E-state index contributed by atoms with van der Waals surface area (Å²) in [6, 6.07) is 13.5. The summed E-state index contributed by atoms with van der Waals surface area (Å²) < 4.78 is 15.7. The van der Waals surface area contributed by atoms with E-state index in [1.54, 1.807) is 14.2 Å². The third-order valence-corrected chi connectivity index (χ3v) is 4.30. The summed E-state index contributed by atoms with van der Waals surface area (Å²) in [6.45, 7) is 2.21. The summed E-state index contributed by atoms with van der Waals surface area (Å²) in [4.78, 5) is 16.4. The van der Waals surface area contributed by atoms with Gasteiger partial charge in [-0.05, 0) is 31.0 Å². The van der Waals surface area contributed by atoms with E-state index in [2.05, 4.69) is 15.5 Å². The molecule has 0 bridgehead atoms. The molecule has 7 nitrogen and oxygen atoms in total. The van der Waals surface area contributed by atoms with Crippen LogP contribution in [0.25, 0.3) is 11.4 Å². The molecule has 0 aliphatic rings. The highest BCUT2D eigenvalue weighted by atomic mass is 16.5. The van der Waals surface area contributed by atoms with Gasteiger partial charge in [-0.2, -0.15) is 4.98 Å². The lowest BCUT2D eigenvalue weighted by atomic mass is 10.1. The van der Waals surface area contributed by atoms with Crippen molar-refractivity contribution in [2.45, 2.75) is 26.3 Å². The van der Waals surface area contributed by atoms with E-state index in [0.29, 0.717) is 36.1 Å². The quantitative estimate of drug-likeness (QED) is 0.644. The molecule has 1 aromatic heterocycles. The van der Waals surface area contributed by atoms with Crippen molar-refractivity contribution in [1.82, 2.24) is 15.5 Å². The maximum atomic E-state index is 12.1. The Morgan fingerprint density at radius 2 is 1.82 bits per heavy atom. The number of methoxy groups -OCH3 is 2. The standard InChI is InChI=1S/C21H23N3O4/c1-14-4-8-16(9-5-14)21-23-20(28-24-21)13-22-19(25)11-7-15-6-10-17(26-2)18(12-15)27-3/h4-6,8-10,12H,7,11,13H2,1-3H3,(H,22,25). The number of carbonyl (C=O) groups is 1. The van der Waals surface area contributed by atoms with Crippen molar-refractivity contribution < 1.29 is 18.8 Å². The molecule has 0 atom stereocenters. The second-order valence-corrected chi connectivity index (χ2v) is 6.34. The maximum absolute atomic E-state index is 12.1. The number of rotatable bonds is 8. The van der Waals surface area contributed by atoms with E-state index in [4.69, 9.17) is 14.0 Å². The van der Waals surface area contributed by atoms with Gasteiger partial charge in [0.1, 0.15) is 0 Å². The molecule has 3 aromatic rings. The molecule has 0 saturated heterocycles. The van der Waals surface area contributed by atoms with Crippen LogP contribution in [0.3, 0.4) is 0 Å². The van der Waals surface area contributed by atoms with Gasteiger partial charge >= 0.3 is 0 Å². The van der Waals surface area contributed by atoms with E-state index >= 15 is 0 Å². The smallest absolute Gasteiger partial charge is 0.246 e. The molecule has 0 fully saturated rings. The Morgan fingerprint density at radius 1 is 1.07 bits per heavy atom. The molecule has 3 rings (SSSR count). The van der Waals surface area contributed by atoms with Crippen LogP contribution in [-0.4, -0.2) is 30.3 Å². The third kappa shape index (κ3) is 4.88. The normalized spacial score (nSPS) is 10.5. The van der Waals surface area contributed by atoms with Crippen LogP contribution in [0.5, 0.6) is 11.5 Å². The highest BCUT2D eigenvalue weighted by Gasteiger charge is 2.11. The monoisotopic (exact) mass is 381 g/mol. The van der Waals surface area contributed by atoms with Crippen molar-refractivity contribution in [2.75, 3.05) is 14.2 Å². The van der Waals surface area contributed by atoms with Crippen LogP contribution >= 0.6 is 0 Å². The fourth-order valence-corrected chi connectivity index (χ4v) is 2.70. The van der Waals surface area contributed by atoms with Gasteiger partial charge in [0.25, 0.3) is 0 Å². The number of benzene rings is 2. The maximum Gasteiger partial charge on any atom is 0.246 e. The highest BCUT2D eigenvalue weighted by Crippen LogP contribution is 2.27. The Hall–Kier alpha value is -3.35. The van der Waals surface area contributed by atoms with Crippen LogP contribution in [0.1, 0.15) is 23.4 Å². The summed E-state index contributed by atoms with van der Waals surface area (Å²) in [5.41, 5.74) is 3.03. The van der Waals surface area contributed by atoms with Crippen LogP contribution in [0, 0.1) is 6.92 Å². The first-order chi connectivity index (χ1) is 13.6. The molecule has 1 N–H and O–H groups in total. The lowest BCUT2D eigenvalue weighted by Gasteiger charge is -2.09. The van der Waals surface area contributed by atoms with Gasteiger partial charge in [0.2, 0.25) is 17.6 Å². The second kappa shape index (κ2) is 9.03. The summed E-state index contributed by atoms with van der Waals surface area (Å²) >= 11 is 0. The van der Waals surface area contributed by atoms with E-state index in [1.807, 2.05) is 49.4 Å². The molecule has 7 heteroatoms. The number of hydrogen-bond acceptors (Lipinski definition) is 6. The lowest BCUT2D eigenvalue weighted by molar-refractivity contribution is -0.121. The zero-order chi connectivity index (χ0) is 19.9. The first-order valence-electron chi connectivity index (χ1n) is 8.96. The Kier molecular flexibility index (Phi) is 6.26. The van der Waals surface area contributed by atoms with Gasteiger partial charge in [0, 0.05) is 12.0 Å². The van der Waals surface area contributed by atoms with Crippen molar-refractivity contribution in [3.8, 4) is 22.9 Å². The predicted octanol–water partition coefficient (Wildman–Crippen LogP) is 3.31. The number of nitrogens with one attached hydrogen (secondary N) is 1. The number of aryl methyl sites for hydroxylation is 2. The molecule has 1 heterocycles. The molecule has 0 saturated carbocycles. The van der Waals surface area contributed by atoms with Gasteiger partial charge in [-0.15, -0.1) is 0 Å². The fourth-order valence-electron chi connectivity index (χ4n) is 2.70. The second-order valence-electron chi connectivity index (χ2n) is 6.34. The number of ether oxygens (including phenoxy) is 2. The Bertz CT molecular complexity index is 935. The Labute approximate surface area is 163 Å². The van der Waals surface area contributed by atoms with Crippen LogP contribution in [-0.2, 0) is 17.8 Å². The average molecular weight is 381 g/mol. The largest absolute Gasteiger partial charge is 0.493 e. The van der Waals surface area contributed by atoms with Gasteiger partial charge < -0.3 is 19.3 Å². The fraction of sp³-hybridized carbons (Fsp3) is 0.286. The van der Waals surface area contributed by atoms with Gasteiger partial charge in [0.05, 0.1) is 20.8 Å². The molecule has 2 aromatic carbocycles. The molecular weight excluding hydrogens is 358 g/mol. The van der Waals surface area contributed by atoms with Crippen molar-refractivity contribution in [3.63, 3.8) is 0 Å². The zero-order valence-electron chi connectivity index (χ0n) is 16.2. The summed E-state index contributed by atoms with van der Waals surface area (Å²) in [6.07, 6.45) is 0.930. The van der Waals surface area contributed by atoms with Crippen molar-refractivity contribution in [3.05, 3.63) is 59.5 Å². The molecule has 1 amide bonds. The minimum absolute atomic E-state index is 0.0927. The van der Waals surface area contributed by atoms with E-state index in [0.717, 1.165) is 16.7 Å². The zero-order valence-corrected chi connectivity index (χ0v) is 16.2. The molecule has 0 spiro atoms. The SMILES string of the molecule is COc1ccc(CCC(=O)NCc2nc(-c3ccc(C)cc3)no2)cc1OC. The van der Waals surface area contributed by atoms with Gasteiger partial charge in [0.15, 0.2) is 11.5 Å². The van der Waals surface area contributed by atoms with Gasteiger partial charge in [-0.25, -0.2) is 0 Å². The third-order valence-electron chi connectivity index (χ3n) is 4.30. The molecule has 0 aliphatic carbocycles. The van der Waals surface area contributed by atoms with Crippen LogP contribution in [0.4, 0.5) is 0 Å². The molecule has 146 valence electrons. The first-order valence-corrected chi connectivity index (χ1v) is 8.96. The predicted molar refractivity (Wildman–Crippen MR) is 104 cm³/mol. The number of hydrogen-bond donors (Lipinski definition) is 1. The van der Waals surface area contributed by atoms with Crippen LogP contribution in [0.2, 0.25) is 0 Å². The Balaban J connectivity index is 1.50. The van der Waals surface area contributed by atoms with E-state index in [-0.39, 0.29) is 12.5 Å². The molecule has 28 heavy (non-hydrogen) atoms. The van der Waals surface area contributed by atoms with Crippen LogP contribution < -0.4 is 14.8 Å².